The van der Waals surface area contributed by atoms with Crippen molar-refractivity contribution in [3.8, 4) is 0 Å². The lowest BCUT2D eigenvalue weighted by atomic mass is 9.94. The van der Waals surface area contributed by atoms with Crippen molar-refractivity contribution in [1.82, 2.24) is 10.6 Å². The third-order valence-electron chi connectivity index (χ3n) is 4.19. The Balaban J connectivity index is 2.88. The Kier molecular flexibility index (Phi) is 8.88. The van der Waals surface area contributed by atoms with Crippen LogP contribution in [0.1, 0.15) is 52.2 Å². The van der Waals surface area contributed by atoms with Crippen LogP contribution in [0.4, 0.5) is 4.79 Å². The maximum Gasteiger partial charge on any atom is 0.408 e. The SMILES string of the molecule is C/C=C(/CC(NC(=O)[C@H](C)NC(=O)OC(C)(C)C)C(=O)OC)c1ccccc1C. The van der Waals surface area contributed by atoms with Gasteiger partial charge in [-0.15, -0.1) is 0 Å². The number of hydrogen-bond acceptors (Lipinski definition) is 5. The molecule has 7 heteroatoms. The van der Waals surface area contributed by atoms with Crippen LogP contribution in [0.3, 0.4) is 0 Å². The van der Waals surface area contributed by atoms with Gasteiger partial charge in [0.1, 0.15) is 17.7 Å². The highest BCUT2D eigenvalue weighted by Gasteiger charge is 2.27. The Morgan fingerprint density at radius 3 is 2.28 bits per heavy atom. The Hall–Kier alpha value is -2.83. The first-order valence-electron chi connectivity index (χ1n) is 9.57. The number of esters is 1. The summed E-state index contributed by atoms with van der Waals surface area (Å²) in [6, 6.07) is 6.04. The minimum Gasteiger partial charge on any atom is -0.467 e. The molecule has 160 valence electrons. The predicted octanol–water partition coefficient (Wildman–Crippen LogP) is 3.36. The van der Waals surface area contributed by atoms with Crippen LogP contribution < -0.4 is 10.6 Å². The number of carbonyl (C=O) groups is 3. The van der Waals surface area contributed by atoms with E-state index in [1.807, 2.05) is 44.2 Å². The van der Waals surface area contributed by atoms with Crippen molar-refractivity contribution in [2.45, 2.75) is 65.6 Å². The highest BCUT2D eigenvalue weighted by Crippen LogP contribution is 2.23. The van der Waals surface area contributed by atoms with E-state index in [-0.39, 0.29) is 6.42 Å². The first-order chi connectivity index (χ1) is 13.5. The highest BCUT2D eigenvalue weighted by atomic mass is 16.6. The van der Waals surface area contributed by atoms with Crippen molar-refractivity contribution in [2.75, 3.05) is 7.11 Å². The fourth-order valence-electron chi connectivity index (χ4n) is 2.72. The van der Waals surface area contributed by atoms with E-state index in [1.54, 1.807) is 20.8 Å². The number of nitrogens with one attached hydrogen (secondary N) is 2. The standard InChI is InChI=1S/C22H32N2O5/c1-8-16(17-12-10-9-11-14(17)2)13-18(20(26)28-7)24-19(25)15(3)23-21(27)29-22(4,5)6/h8-12,15,18H,13H2,1-7H3,(H,23,27)(H,24,25)/b16-8-/t15-,18?/m0/s1. The summed E-state index contributed by atoms with van der Waals surface area (Å²) in [5.74, 6) is -1.07. The molecule has 0 aliphatic carbocycles. The quantitative estimate of drug-likeness (QED) is 0.680. The molecule has 0 aromatic heterocycles. The fourth-order valence-corrected chi connectivity index (χ4v) is 2.72. The van der Waals surface area contributed by atoms with Crippen LogP contribution in [0.2, 0.25) is 0 Å². The molecule has 1 aromatic carbocycles. The molecule has 0 spiro atoms. The van der Waals surface area contributed by atoms with Gasteiger partial charge >= 0.3 is 12.1 Å². The molecule has 0 saturated heterocycles. The second kappa shape index (κ2) is 10.6. The van der Waals surface area contributed by atoms with Crippen LogP contribution in [-0.4, -0.2) is 42.8 Å². The molecule has 29 heavy (non-hydrogen) atoms. The Morgan fingerprint density at radius 2 is 1.76 bits per heavy atom. The van der Waals surface area contributed by atoms with E-state index in [2.05, 4.69) is 10.6 Å². The van der Waals surface area contributed by atoms with Gasteiger partial charge in [0, 0.05) is 6.42 Å². The van der Waals surface area contributed by atoms with Crippen molar-refractivity contribution >= 4 is 23.5 Å². The number of alkyl carbamates (subject to hydrolysis) is 1. The lowest BCUT2D eigenvalue weighted by Crippen LogP contribution is -2.51. The molecule has 0 radical (unpaired) electrons. The molecular weight excluding hydrogens is 372 g/mol. The van der Waals surface area contributed by atoms with E-state index in [9.17, 15) is 14.4 Å². The summed E-state index contributed by atoms with van der Waals surface area (Å²) in [4.78, 5) is 36.7. The fraction of sp³-hybridized carbons (Fsp3) is 0.500. The van der Waals surface area contributed by atoms with E-state index >= 15 is 0 Å². The lowest BCUT2D eigenvalue weighted by molar-refractivity contribution is -0.145. The van der Waals surface area contributed by atoms with Crippen LogP contribution in [-0.2, 0) is 19.1 Å². The summed E-state index contributed by atoms with van der Waals surface area (Å²) in [6.45, 7) is 10.6. The Labute approximate surface area is 172 Å². The molecular formula is C22H32N2O5. The van der Waals surface area contributed by atoms with Crippen LogP contribution in [0, 0.1) is 6.92 Å². The van der Waals surface area contributed by atoms with Crippen LogP contribution in [0.15, 0.2) is 30.3 Å². The van der Waals surface area contributed by atoms with E-state index in [0.29, 0.717) is 0 Å². The van der Waals surface area contributed by atoms with Crippen molar-refractivity contribution in [3.05, 3.63) is 41.5 Å². The molecule has 0 fully saturated rings. The van der Waals surface area contributed by atoms with Gasteiger partial charge in [0.05, 0.1) is 7.11 Å². The normalized spacial score (nSPS) is 13.8. The zero-order valence-corrected chi connectivity index (χ0v) is 18.3. The molecule has 0 heterocycles. The average Bonchev–Trinajstić information content (AvgIpc) is 2.63. The molecule has 1 unspecified atom stereocenters. The summed E-state index contributed by atoms with van der Waals surface area (Å²) < 4.78 is 10.0. The summed E-state index contributed by atoms with van der Waals surface area (Å²) in [7, 11) is 1.27. The number of carbonyl (C=O) groups excluding carboxylic acids is 3. The van der Waals surface area contributed by atoms with Gasteiger partial charge in [-0.2, -0.15) is 0 Å². The second-order valence-electron chi connectivity index (χ2n) is 7.79. The molecule has 2 amide bonds. The van der Waals surface area contributed by atoms with Crippen molar-refractivity contribution in [3.63, 3.8) is 0 Å². The topological polar surface area (TPSA) is 93.7 Å². The smallest absolute Gasteiger partial charge is 0.408 e. The van der Waals surface area contributed by atoms with E-state index in [1.165, 1.54) is 14.0 Å². The van der Waals surface area contributed by atoms with Gasteiger partial charge < -0.3 is 20.1 Å². The highest BCUT2D eigenvalue weighted by molar-refractivity contribution is 5.90. The van der Waals surface area contributed by atoms with E-state index in [4.69, 9.17) is 9.47 Å². The number of ether oxygens (including phenoxy) is 2. The molecule has 2 N–H and O–H groups in total. The first kappa shape index (κ1) is 24.2. The Morgan fingerprint density at radius 1 is 1.14 bits per heavy atom. The summed E-state index contributed by atoms with van der Waals surface area (Å²) in [5.41, 5.74) is 2.29. The van der Waals surface area contributed by atoms with Crippen molar-refractivity contribution < 1.29 is 23.9 Å². The monoisotopic (exact) mass is 404 g/mol. The van der Waals surface area contributed by atoms with Gasteiger partial charge in [0.2, 0.25) is 5.91 Å². The van der Waals surface area contributed by atoms with Crippen LogP contribution in [0.25, 0.3) is 5.57 Å². The molecule has 1 rings (SSSR count). The van der Waals surface area contributed by atoms with Gasteiger partial charge in [0.15, 0.2) is 0 Å². The molecule has 0 bridgehead atoms. The average molecular weight is 405 g/mol. The molecule has 0 saturated carbocycles. The number of rotatable bonds is 7. The maximum atomic E-state index is 12.5. The van der Waals surface area contributed by atoms with Gasteiger partial charge in [-0.05, 0) is 58.2 Å². The maximum absolute atomic E-state index is 12.5. The zero-order chi connectivity index (χ0) is 22.2. The first-order valence-corrected chi connectivity index (χ1v) is 9.57. The third-order valence-corrected chi connectivity index (χ3v) is 4.19. The predicted molar refractivity (Wildman–Crippen MR) is 112 cm³/mol. The number of benzene rings is 1. The number of methoxy groups -OCH3 is 1. The van der Waals surface area contributed by atoms with Crippen molar-refractivity contribution in [2.24, 2.45) is 0 Å². The zero-order valence-electron chi connectivity index (χ0n) is 18.3. The van der Waals surface area contributed by atoms with Gasteiger partial charge in [-0.3, -0.25) is 4.79 Å². The number of allylic oxidation sites excluding steroid dienone is 1. The number of amides is 2. The minimum absolute atomic E-state index is 0.263. The molecule has 2 atom stereocenters. The molecule has 1 aromatic rings. The molecule has 0 aliphatic rings. The van der Waals surface area contributed by atoms with Gasteiger partial charge in [-0.1, -0.05) is 30.3 Å². The summed E-state index contributed by atoms with van der Waals surface area (Å²) in [6.07, 6.45) is 1.47. The number of hydrogen-bond donors (Lipinski definition) is 2. The van der Waals surface area contributed by atoms with Crippen LogP contribution >= 0.6 is 0 Å². The lowest BCUT2D eigenvalue weighted by Gasteiger charge is -2.23. The largest absolute Gasteiger partial charge is 0.467 e. The summed E-state index contributed by atoms with van der Waals surface area (Å²) in [5, 5.41) is 5.13. The summed E-state index contributed by atoms with van der Waals surface area (Å²) >= 11 is 0. The minimum atomic E-state index is -0.888. The molecule has 0 aliphatic heterocycles. The van der Waals surface area contributed by atoms with E-state index in [0.717, 1.165) is 16.7 Å². The van der Waals surface area contributed by atoms with Crippen molar-refractivity contribution in [1.29, 1.82) is 0 Å². The number of aryl methyl sites for hydroxylation is 1. The van der Waals surface area contributed by atoms with Crippen LogP contribution in [0.5, 0.6) is 0 Å². The van der Waals surface area contributed by atoms with Gasteiger partial charge in [0.25, 0.3) is 0 Å². The van der Waals surface area contributed by atoms with E-state index < -0.39 is 35.7 Å². The second-order valence-corrected chi connectivity index (χ2v) is 7.79. The third kappa shape index (κ3) is 7.97. The Bertz CT molecular complexity index is 765. The molecule has 7 nitrogen and oxygen atoms in total. The van der Waals surface area contributed by atoms with Gasteiger partial charge in [-0.25, -0.2) is 9.59 Å².